The van der Waals surface area contributed by atoms with Crippen LogP contribution in [0.3, 0.4) is 0 Å². The highest BCUT2D eigenvalue weighted by atomic mass is 32.1. The standard InChI is InChI=1S/C24H20F3N5O2S/c1-31-12-18-17-10-14(23(34)29-19(8-9-33)21-11-28-13-35-21)2-7-20(17)32(22(18)30-31)16-5-3-15(4-6-16)24(25,26)27/h2-7,10-13,19,33H,8-9H2,1H3,(H,29,34)/t19-/m0/s1. The molecular formula is C24H20F3N5O2S. The van der Waals surface area contributed by atoms with Gasteiger partial charge in [-0.1, -0.05) is 0 Å². The predicted molar refractivity (Wildman–Crippen MR) is 127 cm³/mol. The number of nitrogens with one attached hydrogen (secondary N) is 1. The fourth-order valence-corrected chi connectivity index (χ4v) is 4.85. The molecule has 5 rings (SSSR count). The molecule has 7 nitrogen and oxygen atoms in total. The van der Waals surface area contributed by atoms with Crippen LogP contribution in [0.4, 0.5) is 13.2 Å². The summed E-state index contributed by atoms with van der Waals surface area (Å²) >= 11 is 1.40. The summed E-state index contributed by atoms with van der Waals surface area (Å²) in [5, 5.41) is 18.4. The Bertz CT molecular complexity index is 1500. The van der Waals surface area contributed by atoms with Gasteiger partial charge in [0.1, 0.15) is 0 Å². The smallest absolute Gasteiger partial charge is 0.396 e. The number of aryl methyl sites for hydroxylation is 1. The van der Waals surface area contributed by atoms with Gasteiger partial charge in [0.25, 0.3) is 5.91 Å². The number of thiazole rings is 1. The van der Waals surface area contributed by atoms with Crippen molar-refractivity contribution in [2.75, 3.05) is 6.61 Å². The van der Waals surface area contributed by atoms with E-state index in [9.17, 15) is 23.1 Å². The van der Waals surface area contributed by atoms with Gasteiger partial charge < -0.3 is 10.4 Å². The van der Waals surface area contributed by atoms with Crippen LogP contribution in [-0.4, -0.2) is 37.0 Å². The van der Waals surface area contributed by atoms with Crippen molar-refractivity contribution < 1.29 is 23.1 Å². The maximum absolute atomic E-state index is 13.1. The van der Waals surface area contributed by atoms with Crippen molar-refractivity contribution >= 4 is 39.2 Å². The van der Waals surface area contributed by atoms with Crippen molar-refractivity contribution in [1.82, 2.24) is 24.6 Å². The molecule has 0 unspecified atom stereocenters. The van der Waals surface area contributed by atoms with Gasteiger partial charge in [-0.05, 0) is 48.9 Å². The fraction of sp³-hybridized carbons (Fsp3) is 0.208. The zero-order valence-corrected chi connectivity index (χ0v) is 19.3. The highest BCUT2D eigenvalue weighted by Crippen LogP contribution is 2.34. The van der Waals surface area contributed by atoms with E-state index in [0.29, 0.717) is 28.8 Å². The van der Waals surface area contributed by atoms with Gasteiger partial charge in [-0.2, -0.15) is 18.3 Å². The van der Waals surface area contributed by atoms with Crippen LogP contribution in [0.25, 0.3) is 27.6 Å². The van der Waals surface area contributed by atoms with Crippen LogP contribution in [0, 0.1) is 0 Å². The molecule has 2 N–H and O–H groups in total. The first kappa shape index (κ1) is 23.1. The van der Waals surface area contributed by atoms with Crippen molar-refractivity contribution in [3.63, 3.8) is 0 Å². The first-order valence-electron chi connectivity index (χ1n) is 10.7. The van der Waals surface area contributed by atoms with E-state index >= 15 is 0 Å². The van der Waals surface area contributed by atoms with Crippen molar-refractivity contribution in [2.45, 2.75) is 18.6 Å². The van der Waals surface area contributed by atoms with Crippen LogP contribution in [0.2, 0.25) is 0 Å². The van der Waals surface area contributed by atoms with E-state index in [4.69, 9.17) is 0 Å². The van der Waals surface area contributed by atoms with Gasteiger partial charge in [0.15, 0.2) is 5.65 Å². The average Bonchev–Trinajstić information content (AvgIpc) is 3.54. The Morgan fingerprint density at radius 3 is 2.60 bits per heavy atom. The molecule has 11 heteroatoms. The summed E-state index contributed by atoms with van der Waals surface area (Å²) in [6.07, 6.45) is -0.593. The molecule has 5 aromatic rings. The molecule has 35 heavy (non-hydrogen) atoms. The number of nitrogens with zero attached hydrogens (tertiary/aromatic N) is 4. The Morgan fingerprint density at radius 1 is 1.17 bits per heavy atom. The minimum Gasteiger partial charge on any atom is -0.396 e. The van der Waals surface area contributed by atoms with E-state index in [1.807, 2.05) is 6.20 Å². The number of aromatic nitrogens is 4. The molecule has 3 aromatic heterocycles. The second-order valence-corrected chi connectivity index (χ2v) is 9.01. The first-order valence-corrected chi connectivity index (χ1v) is 11.6. The molecule has 0 fully saturated rings. The Labute approximate surface area is 201 Å². The molecule has 0 saturated carbocycles. The van der Waals surface area contributed by atoms with Crippen LogP contribution < -0.4 is 5.32 Å². The molecule has 0 aliphatic rings. The summed E-state index contributed by atoms with van der Waals surface area (Å²) in [5.41, 5.74) is 3.17. The number of fused-ring (bicyclic) bond motifs is 3. The Balaban J connectivity index is 1.56. The molecule has 2 aromatic carbocycles. The number of halogens is 3. The summed E-state index contributed by atoms with van der Waals surface area (Å²) in [5.74, 6) is -0.307. The highest BCUT2D eigenvalue weighted by Gasteiger charge is 2.30. The van der Waals surface area contributed by atoms with Crippen molar-refractivity contribution in [1.29, 1.82) is 0 Å². The van der Waals surface area contributed by atoms with E-state index in [1.165, 1.54) is 23.5 Å². The summed E-state index contributed by atoms with van der Waals surface area (Å²) in [6.45, 7) is -0.0891. The molecule has 180 valence electrons. The van der Waals surface area contributed by atoms with E-state index in [1.54, 1.807) is 46.2 Å². The van der Waals surface area contributed by atoms with Crippen molar-refractivity contribution in [2.24, 2.45) is 7.05 Å². The van der Waals surface area contributed by atoms with Gasteiger partial charge in [-0.15, -0.1) is 11.3 Å². The minimum absolute atomic E-state index is 0.0891. The number of carbonyl (C=O) groups is 1. The van der Waals surface area contributed by atoms with Gasteiger partial charge in [0, 0.05) is 52.9 Å². The monoisotopic (exact) mass is 499 g/mol. The van der Waals surface area contributed by atoms with E-state index in [0.717, 1.165) is 27.8 Å². The summed E-state index contributed by atoms with van der Waals surface area (Å²) < 4.78 is 42.5. The molecular weight excluding hydrogens is 479 g/mol. The number of carbonyl (C=O) groups excluding carboxylic acids is 1. The van der Waals surface area contributed by atoms with Crippen LogP contribution >= 0.6 is 11.3 Å². The van der Waals surface area contributed by atoms with Gasteiger partial charge in [-0.25, -0.2) is 0 Å². The maximum atomic E-state index is 13.1. The lowest BCUT2D eigenvalue weighted by molar-refractivity contribution is -0.137. The molecule has 0 saturated heterocycles. The van der Waals surface area contributed by atoms with Crippen molar-refractivity contribution in [3.8, 4) is 5.69 Å². The van der Waals surface area contributed by atoms with Crippen LogP contribution in [0.15, 0.2) is 60.4 Å². The summed E-state index contributed by atoms with van der Waals surface area (Å²) in [7, 11) is 1.76. The molecule has 0 spiro atoms. The lowest BCUT2D eigenvalue weighted by Crippen LogP contribution is -2.28. The quantitative estimate of drug-likeness (QED) is 0.350. The number of hydrogen-bond acceptors (Lipinski definition) is 5. The van der Waals surface area contributed by atoms with E-state index in [-0.39, 0.29) is 18.6 Å². The van der Waals surface area contributed by atoms with Crippen LogP contribution in [0.1, 0.15) is 33.3 Å². The molecule has 0 aliphatic carbocycles. The molecule has 3 heterocycles. The summed E-state index contributed by atoms with van der Waals surface area (Å²) in [6, 6.07) is 9.70. The number of aliphatic hydroxyl groups excluding tert-OH is 1. The maximum Gasteiger partial charge on any atom is 0.416 e. The lowest BCUT2D eigenvalue weighted by Gasteiger charge is -2.16. The zero-order valence-electron chi connectivity index (χ0n) is 18.5. The van der Waals surface area contributed by atoms with Crippen LogP contribution in [-0.2, 0) is 13.2 Å². The third-order valence-corrected chi connectivity index (χ3v) is 6.67. The predicted octanol–water partition coefficient (Wildman–Crippen LogP) is 4.85. The second-order valence-electron chi connectivity index (χ2n) is 8.09. The zero-order chi connectivity index (χ0) is 24.7. The second kappa shape index (κ2) is 8.82. The van der Waals surface area contributed by atoms with Crippen LogP contribution in [0.5, 0.6) is 0 Å². The Morgan fingerprint density at radius 2 is 1.94 bits per heavy atom. The molecule has 0 bridgehead atoms. The third-order valence-electron chi connectivity index (χ3n) is 5.78. The molecule has 1 atom stereocenters. The largest absolute Gasteiger partial charge is 0.416 e. The topological polar surface area (TPSA) is 85.0 Å². The number of amides is 1. The average molecular weight is 500 g/mol. The van der Waals surface area contributed by atoms with Gasteiger partial charge in [0.2, 0.25) is 0 Å². The highest BCUT2D eigenvalue weighted by molar-refractivity contribution is 7.09. The normalized spacial score (nSPS) is 12.9. The van der Waals surface area contributed by atoms with Gasteiger partial charge in [-0.3, -0.25) is 19.0 Å². The number of hydrogen-bond donors (Lipinski definition) is 2. The molecule has 0 aliphatic heterocycles. The van der Waals surface area contributed by atoms with E-state index in [2.05, 4.69) is 15.4 Å². The molecule has 1 amide bonds. The third kappa shape index (κ3) is 4.28. The fourth-order valence-electron chi connectivity index (χ4n) is 4.15. The number of aliphatic hydroxyl groups is 1. The summed E-state index contributed by atoms with van der Waals surface area (Å²) in [4.78, 5) is 18.0. The molecule has 0 radical (unpaired) electrons. The first-order chi connectivity index (χ1) is 16.8. The Kier molecular flexibility index (Phi) is 5.81. The number of alkyl halides is 3. The van der Waals surface area contributed by atoms with Gasteiger partial charge in [0.05, 0.1) is 22.6 Å². The Hall–Kier alpha value is -3.70. The van der Waals surface area contributed by atoms with E-state index < -0.39 is 11.7 Å². The van der Waals surface area contributed by atoms with Gasteiger partial charge >= 0.3 is 6.18 Å². The van der Waals surface area contributed by atoms with Crippen molar-refractivity contribution in [3.05, 3.63) is 76.4 Å². The minimum atomic E-state index is -4.42. The number of benzene rings is 2. The lowest BCUT2D eigenvalue weighted by atomic mass is 10.1. The number of rotatable bonds is 6. The SMILES string of the molecule is Cn1cc2c3cc(C(=O)N[C@@H](CCO)c4cncs4)ccc3n(-c3ccc(C(F)(F)F)cc3)c2n1.